The van der Waals surface area contributed by atoms with Crippen molar-refractivity contribution in [2.45, 2.75) is 45.0 Å². The third kappa shape index (κ3) is 4.16. The number of hydrogen-bond donors (Lipinski definition) is 2. The van der Waals surface area contributed by atoms with Gasteiger partial charge in [-0.05, 0) is 44.0 Å². The lowest BCUT2D eigenvalue weighted by Gasteiger charge is -2.24. The maximum absolute atomic E-state index is 14.0. The molecule has 1 aliphatic heterocycles. The standard InChI is InChI=1S/C16H22F2N2O2/c1-16(2,3)22-15(21)20-14-9-19-8-12(14)11-6-10(7-17)4-5-13(11)18/h4-6,12,14,19H,7-9H2,1-3H3,(H,20,21)/t12-,14+/m1/s1. The Kier molecular flexibility index (Phi) is 5.01. The first kappa shape index (κ1) is 16.7. The Balaban J connectivity index is 2.12. The van der Waals surface area contributed by atoms with Gasteiger partial charge in [0.2, 0.25) is 0 Å². The van der Waals surface area contributed by atoms with Crippen LogP contribution in [0.3, 0.4) is 0 Å². The van der Waals surface area contributed by atoms with Gasteiger partial charge < -0.3 is 15.4 Å². The molecule has 4 nitrogen and oxygen atoms in total. The number of rotatable bonds is 3. The molecule has 2 rings (SSSR count). The Morgan fingerprint density at radius 1 is 1.41 bits per heavy atom. The number of nitrogens with one attached hydrogen (secondary N) is 2. The maximum Gasteiger partial charge on any atom is 0.407 e. The predicted octanol–water partition coefficient (Wildman–Crippen LogP) is 2.88. The van der Waals surface area contributed by atoms with E-state index < -0.39 is 18.4 Å². The van der Waals surface area contributed by atoms with Crippen molar-refractivity contribution >= 4 is 6.09 Å². The second-order valence-electron chi connectivity index (χ2n) is 6.51. The van der Waals surface area contributed by atoms with E-state index in [0.29, 0.717) is 24.2 Å². The lowest BCUT2D eigenvalue weighted by molar-refractivity contribution is 0.0504. The second kappa shape index (κ2) is 6.60. The second-order valence-corrected chi connectivity index (χ2v) is 6.51. The molecule has 0 saturated carbocycles. The number of hydrogen-bond acceptors (Lipinski definition) is 3. The van der Waals surface area contributed by atoms with E-state index in [1.54, 1.807) is 20.8 Å². The summed E-state index contributed by atoms with van der Waals surface area (Å²) < 4.78 is 32.1. The van der Waals surface area contributed by atoms with E-state index in [1.165, 1.54) is 18.2 Å². The fourth-order valence-electron chi connectivity index (χ4n) is 2.58. The summed E-state index contributed by atoms with van der Waals surface area (Å²) in [5.41, 5.74) is 0.255. The van der Waals surface area contributed by atoms with E-state index in [9.17, 15) is 13.6 Å². The number of alkyl carbamates (subject to hydrolysis) is 1. The molecule has 1 aromatic rings. The molecule has 0 bridgehead atoms. The van der Waals surface area contributed by atoms with Gasteiger partial charge in [0, 0.05) is 19.0 Å². The Hall–Kier alpha value is -1.69. The monoisotopic (exact) mass is 312 g/mol. The lowest BCUT2D eigenvalue weighted by atomic mass is 9.92. The Labute approximate surface area is 129 Å². The SMILES string of the molecule is CC(C)(C)OC(=O)N[C@H]1CNC[C@@H]1c1cc(CF)ccc1F. The summed E-state index contributed by atoms with van der Waals surface area (Å²) in [7, 11) is 0. The summed E-state index contributed by atoms with van der Waals surface area (Å²) in [6, 6.07) is 3.93. The molecular weight excluding hydrogens is 290 g/mol. The summed E-state index contributed by atoms with van der Waals surface area (Å²) in [6.07, 6.45) is -0.534. The minimum atomic E-state index is -0.641. The van der Waals surface area contributed by atoms with Crippen LogP contribution < -0.4 is 10.6 Å². The molecule has 122 valence electrons. The quantitative estimate of drug-likeness (QED) is 0.902. The van der Waals surface area contributed by atoms with Crippen molar-refractivity contribution in [1.29, 1.82) is 0 Å². The Morgan fingerprint density at radius 2 is 2.14 bits per heavy atom. The summed E-state index contributed by atoms with van der Waals surface area (Å²) >= 11 is 0. The molecule has 1 heterocycles. The van der Waals surface area contributed by atoms with Crippen molar-refractivity contribution in [1.82, 2.24) is 10.6 Å². The predicted molar refractivity (Wildman–Crippen MR) is 80.0 cm³/mol. The summed E-state index contributed by atoms with van der Waals surface area (Å²) in [4.78, 5) is 11.9. The topological polar surface area (TPSA) is 50.4 Å². The van der Waals surface area contributed by atoms with Gasteiger partial charge in [0.15, 0.2) is 0 Å². The van der Waals surface area contributed by atoms with Gasteiger partial charge >= 0.3 is 6.09 Å². The van der Waals surface area contributed by atoms with Crippen molar-refractivity contribution in [3.05, 3.63) is 35.1 Å². The van der Waals surface area contributed by atoms with Crippen LogP contribution in [0.1, 0.15) is 37.8 Å². The number of benzene rings is 1. The van der Waals surface area contributed by atoms with Gasteiger partial charge in [-0.1, -0.05) is 6.07 Å². The van der Waals surface area contributed by atoms with E-state index in [-0.39, 0.29) is 17.8 Å². The zero-order chi connectivity index (χ0) is 16.3. The fourth-order valence-corrected chi connectivity index (χ4v) is 2.58. The van der Waals surface area contributed by atoms with E-state index in [2.05, 4.69) is 10.6 Å². The average Bonchev–Trinajstić information content (AvgIpc) is 2.85. The van der Waals surface area contributed by atoms with Crippen LogP contribution in [0.15, 0.2) is 18.2 Å². The van der Waals surface area contributed by atoms with Gasteiger partial charge in [-0.2, -0.15) is 0 Å². The number of carbonyl (C=O) groups excluding carboxylic acids is 1. The van der Waals surface area contributed by atoms with Gasteiger partial charge in [-0.25, -0.2) is 13.6 Å². The molecule has 1 saturated heterocycles. The molecule has 6 heteroatoms. The molecule has 22 heavy (non-hydrogen) atoms. The maximum atomic E-state index is 14.0. The smallest absolute Gasteiger partial charge is 0.407 e. The number of amides is 1. The van der Waals surface area contributed by atoms with Gasteiger partial charge in [-0.3, -0.25) is 0 Å². The third-order valence-corrected chi connectivity index (χ3v) is 3.53. The molecule has 0 aliphatic carbocycles. The molecule has 0 spiro atoms. The molecule has 1 aliphatic rings. The van der Waals surface area contributed by atoms with Gasteiger partial charge in [0.05, 0.1) is 6.04 Å². The van der Waals surface area contributed by atoms with Crippen molar-refractivity contribution in [3.63, 3.8) is 0 Å². The van der Waals surface area contributed by atoms with E-state index >= 15 is 0 Å². The summed E-state index contributed by atoms with van der Waals surface area (Å²) in [5, 5.41) is 5.89. The summed E-state index contributed by atoms with van der Waals surface area (Å²) in [6.45, 7) is 5.73. The van der Waals surface area contributed by atoms with Crippen molar-refractivity contribution < 1.29 is 18.3 Å². The highest BCUT2D eigenvalue weighted by Crippen LogP contribution is 2.27. The molecule has 2 atom stereocenters. The van der Waals surface area contributed by atoms with Crippen LogP contribution in [0.2, 0.25) is 0 Å². The third-order valence-electron chi connectivity index (χ3n) is 3.53. The van der Waals surface area contributed by atoms with Crippen molar-refractivity contribution in [3.8, 4) is 0 Å². The molecular formula is C16H22F2N2O2. The largest absolute Gasteiger partial charge is 0.444 e. The van der Waals surface area contributed by atoms with E-state index in [1.807, 2.05) is 0 Å². The fraction of sp³-hybridized carbons (Fsp3) is 0.562. The Bertz CT molecular complexity index is 543. The highest BCUT2D eigenvalue weighted by atomic mass is 19.1. The van der Waals surface area contributed by atoms with Crippen LogP contribution >= 0.6 is 0 Å². The van der Waals surface area contributed by atoms with Gasteiger partial charge in [0.1, 0.15) is 18.1 Å². The van der Waals surface area contributed by atoms with Crippen molar-refractivity contribution in [2.75, 3.05) is 13.1 Å². The Morgan fingerprint density at radius 3 is 2.77 bits per heavy atom. The zero-order valence-electron chi connectivity index (χ0n) is 13.1. The van der Waals surface area contributed by atoms with Crippen LogP contribution in [0, 0.1) is 5.82 Å². The zero-order valence-corrected chi connectivity index (χ0v) is 13.1. The highest BCUT2D eigenvalue weighted by Gasteiger charge is 2.32. The average molecular weight is 312 g/mol. The molecule has 2 N–H and O–H groups in total. The molecule has 1 aromatic carbocycles. The molecule has 1 amide bonds. The minimum Gasteiger partial charge on any atom is -0.444 e. The highest BCUT2D eigenvalue weighted by molar-refractivity contribution is 5.68. The molecule has 0 aromatic heterocycles. The van der Waals surface area contributed by atoms with Gasteiger partial charge in [-0.15, -0.1) is 0 Å². The first-order chi connectivity index (χ1) is 10.3. The van der Waals surface area contributed by atoms with Crippen LogP contribution in [0.4, 0.5) is 13.6 Å². The van der Waals surface area contributed by atoms with Gasteiger partial charge in [0.25, 0.3) is 0 Å². The van der Waals surface area contributed by atoms with E-state index in [4.69, 9.17) is 4.74 Å². The number of alkyl halides is 1. The lowest BCUT2D eigenvalue weighted by Crippen LogP contribution is -2.42. The van der Waals surface area contributed by atoms with Crippen molar-refractivity contribution in [2.24, 2.45) is 0 Å². The first-order valence-electron chi connectivity index (χ1n) is 7.34. The van der Waals surface area contributed by atoms with Crippen LogP contribution in [0.5, 0.6) is 0 Å². The van der Waals surface area contributed by atoms with Crippen LogP contribution in [0.25, 0.3) is 0 Å². The normalized spacial score (nSPS) is 21.7. The molecule has 0 unspecified atom stereocenters. The van der Waals surface area contributed by atoms with Crippen LogP contribution in [-0.4, -0.2) is 30.8 Å². The first-order valence-corrected chi connectivity index (χ1v) is 7.34. The number of carbonyl (C=O) groups is 1. The number of halogens is 2. The minimum absolute atomic E-state index is 0.251. The number of ether oxygens (including phenoxy) is 1. The molecule has 0 radical (unpaired) electrons. The molecule has 1 fully saturated rings. The van der Waals surface area contributed by atoms with Crippen LogP contribution in [-0.2, 0) is 11.4 Å². The van der Waals surface area contributed by atoms with E-state index in [0.717, 1.165) is 0 Å². The summed E-state index contributed by atoms with van der Waals surface area (Å²) in [5.74, 6) is -0.638.